The van der Waals surface area contributed by atoms with Crippen LogP contribution in [0, 0.1) is 12.7 Å². The van der Waals surface area contributed by atoms with E-state index in [0.717, 1.165) is 19.1 Å². The van der Waals surface area contributed by atoms with Crippen molar-refractivity contribution < 1.29 is 22.4 Å². The van der Waals surface area contributed by atoms with Gasteiger partial charge in [-0.3, -0.25) is 4.79 Å². The highest BCUT2D eigenvalue weighted by Gasteiger charge is 2.36. The van der Waals surface area contributed by atoms with Gasteiger partial charge in [0.2, 0.25) is 0 Å². The summed E-state index contributed by atoms with van der Waals surface area (Å²) >= 11 is 0. The Morgan fingerprint density at radius 2 is 1.80 bits per heavy atom. The standard InChI is InChI=1S/C10H8F4O/c1-5-3-4-7(10(12,13)14)8(6(2)15)9(5)11/h3-4H,1-2H3. The van der Waals surface area contributed by atoms with Crippen LogP contribution in [-0.4, -0.2) is 5.78 Å². The zero-order valence-electron chi connectivity index (χ0n) is 8.07. The SMILES string of the molecule is CC(=O)c1c(C(F)(F)F)ccc(C)c1F. The van der Waals surface area contributed by atoms with E-state index in [4.69, 9.17) is 0 Å². The van der Waals surface area contributed by atoms with Crippen LogP contribution in [0.4, 0.5) is 17.6 Å². The molecule has 82 valence electrons. The summed E-state index contributed by atoms with van der Waals surface area (Å²) in [6.07, 6.45) is -4.71. The van der Waals surface area contributed by atoms with E-state index in [-0.39, 0.29) is 5.56 Å². The first-order valence-corrected chi connectivity index (χ1v) is 4.12. The zero-order valence-corrected chi connectivity index (χ0v) is 8.07. The highest BCUT2D eigenvalue weighted by molar-refractivity contribution is 5.96. The number of carbonyl (C=O) groups excluding carboxylic acids is 1. The molecule has 0 radical (unpaired) electrons. The molecule has 0 spiro atoms. The Labute approximate surface area is 83.7 Å². The van der Waals surface area contributed by atoms with Crippen molar-refractivity contribution >= 4 is 5.78 Å². The van der Waals surface area contributed by atoms with Gasteiger partial charge >= 0.3 is 6.18 Å². The van der Waals surface area contributed by atoms with Gasteiger partial charge in [0, 0.05) is 0 Å². The van der Waals surface area contributed by atoms with E-state index < -0.39 is 28.9 Å². The second kappa shape index (κ2) is 3.64. The predicted octanol–water partition coefficient (Wildman–Crippen LogP) is 3.36. The number of rotatable bonds is 1. The second-order valence-corrected chi connectivity index (χ2v) is 3.17. The Kier molecular flexibility index (Phi) is 2.83. The van der Waals surface area contributed by atoms with Gasteiger partial charge in [0.05, 0.1) is 11.1 Å². The Morgan fingerprint density at radius 1 is 1.27 bits per heavy atom. The average molecular weight is 220 g/mol. The lowest BCUT2D eigenvalue weighted by atomic mass is 10.0. The molecule has 0 atom stereocenters. The van der Waals surface area contributed by atoms with Crippen LogP contribution >= 0.6 is 0 Å². The first-order valence-electron chi connectivity index (χ1n) is 4.12. The van der Waals surface area contributed by atoms with Gasteiger partial charge in [0.1, 0.15) is 5.82 Å². The molecule has 5 heteroatoms. The molecule has 0 aliphatic carbocycles. The van der Waals surface area contributed by atoms with Crippen molar-refractivity contribution in [2.75, 3.05) is 0 Å². The molecular weight excluding hydrogens is 212 g/mol. The van der Waals surface area contributed by atoms with Crippen molar-refractivity contribution in [3.8, 4) is 0 Å². The Morgan fingerprint density at radius 3 is 2.20 bits per heavy atom. The van der Waals surface area contributed by atoms with E-state index in [1.165, 1.54) is 6.92 Å². The fourth-order valence-corrected chi connectivity index (χ4v) is 1.26. The third kappa shape index (κ3) is 2.16. The van der Waals surface area contributed by atoms with Gasteiger partial charge in [-0.1, -0.05) is 6.07 Å². The molecule has 0 bridgehead atoms. The van der Waals surface area contributed by atoms with Crippen LogP contribution in [0.2, 0.25) is 0 Å². The minimum absolute atomic E-state index is 0.0215. The topological polar surface area (TPSA) is 17.1 Å². The number of hydrogen-bond donors (Lipinski definition) is 0. The third-order valence-corrected chi connectivity index (χ3v) is 1.99. The van der Waals surface area contributed by atoms with Crippen molar-refractivity contribution in [1.82, 2.24) is 0 Å². The summed E-state index contributed by atoms with van der Waals surface area (Å²) in [6.45, 7) is 2.22. The van der Waals surface area contributed by atoms with Crippen molar-refractivity contribution in [1.29, 1.82) is 0 Å². The summed E-state index contributed by atoms with van der Waals surface area (Å²) in [5.41, 5.74) is -2.09. The second-order valence-electron chi connectivity index (χ2n) is 3.17. The Balaban J connectivity index is 3.55. The van der Waals surface area contributed by atoms with Gasteiger partial charge in [0.15, 0.2) is 5.78 Å². The van der Waals surface area contributed by atoms with Crippen LogP contribution in [0.1, 0.15) is 28.4 Å². The summed E-state index contributed by atoms with van der Waals surface area (Å²) in [5.74, 6) is -2.03. The van der Waals surface area contributed by atoms with Crippen molar-refractivity contribution in [2.24, 2.45) is 0 Å². The number of halogens is 4. The molecule has 15 heavy (non-hydrogen) atoms. The largest absolute Gasteiger partial charge is 0.417 e. The van der Waals surface area contributed by atoms with Crippen molar-refractivity contribution in [2.45, 2.75) is 20.0 Å². The lowest BCUT2D eigenvalue weighted by Gasteiger charge is -2.12. The number of alkyl halides is 3. The first kappa shape index (κ1) is 11.7. The van der Waals surface area contributed by atoms with Gasteiger partial charge < -0.3 is 0 Å². The maximum absolute atomic E-state index is 13.3. The Bertz CT molecular complexity index is 407. The highest BCUT2D eigenvalue weighted by atomic mass is 19.4. The van der Waals surface area contributed by atoms with Gasteiger partial charge in [-0.25, -0.2) is 4.39 Å². The lowest BCUT2D eigenvalue weighted by molar-refractivity contribution is -0.138. The average Bonchev–Trinajstić information content (AvgIpc) is 2.06. The van der Waals surface area contributed by atoms with E-state index in [1.807, 2.05) is 0 Å². The third-order valence-electron chi connectivity index (χ3n) is 1.99. The molecule has 0 unspecified atom stereocenters. The summed E-state index contributed by atoms with van der Waals surface area (Å²) in [4.78, 5) is 10.9. The van der Waals surface area contributed by atoms with Gasteiger partial charge in [0.25, 0.3) is 0 Å². The molecule has 1 nitrogen and oxygen atoms in total. The minimum Gasteiger partial charge on any atom is -0.294 e. The molecule has 0 heterocycles. The van der Waals surface area contributed by atoms with Crippen LogP contribution in [0.5, 0.6) is 0 Å². The van der Waals surface area contributed by atoms with Crippen LogP contribution in [0.25, 0.3) is 0 Å². The molecule has 1 aromatic rings. The number of hydrogen-bond acceptors (Lipinski definition) is 1. The number of ketones is 1. The molecule has 0 amide bonds. The molecule has 0 fully saturated rings. The normalized spacial score (nSPS) is 11.6. The van der Waals surface area contributed by atoms with Crippen LogP contribution in [0.15, 0.2) is 12.1 Å². The zero-order chi connectivity index (χ0) is 11.8. The molecule has 0 saturated carbocycles. The van der Waals surface area contributed by atoms with E-state index in [0.29, 0.717) is 0 Å². The Hall–Kier alpha value is -1.39. The molecule has 0 aliphatic rings. The molecule has 1 aromatic carbocycles. The van der Waals surface area contributed by atoms with Gasteiger partial charge in [-0.05, 0) is 25.5 Å². The number of aryl methyl sites for hydroxylation is 1. The number of benzene rings is 1. The molecule has 0 aliphatic heterocycles. The molecule has 1 rings (SSSR count). The van der Waals surface area contributed by atoms with E-state index in [9.17, 15) is 22.4 Å². The van der Waals surface area contributed by atoms with Crippen LogP contribution in [0.3, 0.4) is 0 Å². The smallest absolute Gasteiger partial charge is 0.294 e. The molecule has 0 saturated heterocycles. The maximum Gasteiger partial charge on any atom is 0.417 e. The van der Waals surface area contributed by atoms with Crippen LogP contribution < -0.4 is 0 Å². The van der Waals surface area contributed by atoms with E-state index in [2.05, 4.69) is 0 Å². The van der Waals surface area contributed by atoms with E-state index in [1.54, 1.807) is 0 Å². The van der Waals surface area contributed by atoms with Crippen molar-refractivity contribution in [3.63, 3.8) is 0 Å². The summed E-state index contributed by atoms with van der Waals surface area (Å²) in [7, 11) is 0. The first-order chi connectivity index (χ1) is 6.75. The maximum atomic E-state index is 13.3. The van der Waals surface area contributed by atoms with Crippen LogP contribution in [-0.2, 0) is 6.18 Å². The van der Waals surface area contributed by atoms with Gasteiger partial charge in [-0.15, -0.1) is 0 Å². The molecular formula is C10H8F4O. The molecule has 0 N–H and O–H groups in total. The quantitative estimate of drug-likeness (QED) is 0.524. The van der Waals surface area contributed by atoms with Crippen molar-refractivity contribution in [3.05, 3.63) is 34.6 Å². The predicted molar refractivity (Wildman–Crippen MR) is 46.1 cm³/mol. The molecule has 0 aromatic heterocycles. The monoisotopic (exact) mass is 220 g/mol. The fraction of sp³-hybridized carbons (Fsp3) is 0.300. The summed E-state index contributed by atoms with van der Waals surface area (Å²) < 4.78 is 50.5. The number of carbonyl (C=O) groups is 1. The van der Waals surface area contributed by atoms with E-state index >= 15 is 0 Å². The minimum atomic E-state index is -4.71. The lowest BCUT2D eigenvalue weighted by Crippen LogP contribution is -2.14. The summed E-state index contributed by atoms with van der Waals surface area (Å²) in [5, 5.41) is 0. The fourth-order valence-electron chi connectivity index (χ4n) is 1.26. The highest BCUT2D eigenvalue weighted by Crippen LogP contribution is 2.34. The van der Waals surface area contributed by atoms with Gasteiger partial charge in [-0.2, -0.15) is 13.2 Å². The summed E-state index contributed by atoms with van der Waals surface area (Å²) in [6, 6.07) is 1.72. The number of Topliss-reactive ketones (excluding diaryl/α,β-unsaturated/α-hetero) is 1.